The average molecular weight is 421 g/mol. The summed E-state index contributed by atoms with van der Waals surface area (Å²) >= 11 is 0. The van der Waals surface area contributed by atoms with Crippen LogP contribution in [0.25, 0.3) is 0 Å². The molecule has 0 aliphatic carbocycles. The number of ether oxygens (including phenoxy) is 2. The lowest BCUT2D eigenvalue weighted by atomic mass is 10.1. The van der Waals surface area contributed by atoms with Gasteiger partial charge >= 0.3 is 5.97 Å². The zero-order chi connectivity index (χ0) is 22.4. The van der Waals surface area contributed by atoms with Gasteiger partial charge in [-0.05, 0) is 44.0 Å². The van der Waals surface area contributed by atoms with Crippen molar-refractivity contribution in [2.45, 2.75) is 33.9 Å². The molecule has 0 saturated heterocycles. The highest BCUT2D eigenvalue weighted by atomic mass is 16.5. The van der Waals surface area contributed by atoms with E-state index in [0.717, 1.165) is 11.1 Å². The summed E-state index contributed by atoms with van der Waals surface area (Å²) in [5.74, 6) is -0.216. The third-order valence-corrected chi connectivity index (χ3v) is 5.00. The maximum Gasteiger partial charge on any atom is 0.342 e. The van der Waals surface area contributed by atoms with Crippen LogP contribution in [0, 0.1) is 20.8 Å². The molecule has 1 aromatic heterocycles. The minimum atomic E-state index is -0.554. The number of methoxy groups -OCH3 is 1. The maximum absolute atomic E-state index is 12.6. The molecule has 1 amide bonds. The molecule has 3 aromatic rings. The van der Waals surface area contributed by atoms with Crippen LogP contribution in [0.3, 0.4) is 0 Å². The number of aryl methyl sites for hydroxylation is 2. The highest BCUT2D eigenvalue weighted by Gasteiger charge is 2.21. The van der Waals surface area contributed by atoms with Crippen LogP contribution < -0.4 is 10.1 Å². The molecule has 7 nitrogen and oxygen atoms in total. The van der Waals surface area contributed by atoms with Gasteiger partial charge in [0.2, 0.25) is 0 Å². The molecule has 2 aromatic carbocycles. The molecule has 0 radical (unpaired) electrons. The Labute approximate surface area is 182 Å². The minimum absolute atomic E-state index is 0.320. The minimum Gasteiger partial charge on any atom is -0.497 e. The van der Waals surface area contributed by atoms with Crippen LogP contribution in [0.4, 0.5) is 0 Å². The van der Waals surface area contributed by atoms with Gasteiger partial charge in [-0.2, -0.15) is 5.10 Å². The van der Waals surface area contributed by atoms with Crippen LogP contribution in [0.2, 0.25) is 0 Å². The normalized spacial score (nSPS) is 10.6. The number of nitrogens with one attached hydrogen (secondary N) is 1. The van der Waals surface area contributed by atoms with Crippen molar-refractivity contribution in [2.75, 3.05) is 13.7 Å². The predicted octanol–water partition coefficient (Wildman–Crippen LogP) is 3.34. The number of hydrogen-bond donors (Lipinski definition) is 1. The quantitative estimate of drug-likeness (QED) is 0.564. The molecular formula is C24H27N3O4. The van der Waals surface area contributed by atoms with Crippen molar-refractivity contribution >= 4 is 11.9 Å². The Kier molecular flexibility index (Phi) is 7.07. The molecular weight excluding hydrogens is 394 g/mol. The van der Waals surface area contributed by atoms with E-state index in [-0.39, 0.29) is 12.5 Å². The summed E-state index contributed by atoms with van der Waals surface area (Å²) in [5.41, 5.74) is 4.85. The standard InChI is InChI=1S/C24H27N3O4/c1-16-8-10-19(11-9-16)14-27-18(3)23(17(2)26-27)24(29)31-15-22(28)25-13-20-6-5-7-21(12-20)30-4/h5-12H,13-15H2,1-4H3,(H,25,28). The van der Waals surface area contributed by atoms with E-state index < -0.39 is 5.97 Å². The summed E-state index contributed by atoms with van der Waals surface area (Å²) in [4.78, 5) is 24.7. The number of carbonyl (C=O) groups excluding carboxylic acids is 2. The van der Waals surface area contributed by atoms with Crippen LogP contribution in [0.15, 0.2) is 48.5 Å². The Morgan fingerprint density at radius 3 is 2.48 bits per heavy atom. The van der Waals surface area contributed by atoms with Crippen LogP contribution >= 0.6 is 0 Å². The number of aromatic nitrogens is 2. The second kappa shape index (κ2) is 9.93. The van der Waals surface area contributed by atoms with Gasteiger partial charge in [0.05, 0.1) is 25.0 Å². The van der Waals surface area contributed by atoms with Gasteiger partial charge in [-0.1, -0.05) is 42.0 Å². The van der Waals surface area contributed by atoms with E-state index in [1.807, 2.05) is 62.4 Å². The molecule has 0 spiro atoms. The largest absolute Gasteiger partial charge is 0.497 e. The third kappa shape index (κ3) is 5.72. The molecule has 0 bridgehead atoms. The highest BCUT2D eigenvalue weighted by Crippen LogP contribution is 2.16. The smallest absolute Gasteiger partial charge is 0.342 e. The van der Waals surface area contributed by atoms with E-state index in [2.05, 4.69) is 10.4 Å². The zero-order valence-electron chi connectivity index (χ0n) is 18.3. The van der Waals surface area contributed by atoms with Crippen molar-refractivity contribution in [3.05, 3.63) is 82.2 Å². The second-order valence-electron chi connectivity index (χ2n) is 7.39. The lowest BCUT2D eigenvalue weighted by Gasteiger charge is -2.08. The molecule has 162 valence electrons. The summed E-state index contributed by atoms with van der Waals surface area (Å²) in [6.45, 7) is 6.14. The Morgan fingerprint density at radius 1 is 1.03 bits per heavy atom. The van der Waals surface area contributed by atoms with Crippen molar-refractivity contribution in [2.24, 2.45) is 0 Å². The molecule has 0 fully saturated rings. The number of hydrogen-bond acceptors (Lipinski definition) is 5. The van der Waals surface area contributed by atoms with E-state index in [0.29, 0.717) is 35.8 Å². The number of benzene rings is 2. The fourth-order valence-electron chi connectivity index (χ4n) is 3.25. The monoisotopic (exact) mass is 421 g/mol. The summed E-state index contributed by atoms with van der Waals surface area (Å²) in [6.07, 6.45) is 0. The summed E-state index contributed by atoms with van der Waals surface area (Å²) in [5, 5.41) is 7.21. The van der Waals surface area contributed by atoms with Gasteiger partial charge in [0.15, 0.2) is 6.61 Å². The molecule has 0 saturated carbocycles. The van der Waals surface area contributed by atoms with Gasteiger partial charge < -0.3 is 14.8 Å². The second-order valence-corrected chi connectivity index (χ2v) is 7.39. The first-order valence-corrected chi connectivity index (χ1v) is 10.0. The van der Waals surface area contributed by atoms with E-state index in [1.165, 1.54) is 5.56 Å². The van der Waals surface area contributed by atoms with E-state index in [4.69, 9.17) is 9.47 Å². The molecule has 3 rings (SSSR count). The van der Waals surface area contributed by atoms with Crippen LogP contribution in [-0.2, 0) is 22.6 Å². The van der Waals surface area contributed by atoms with Gasteiger partial charge in [0, 0.05) is 6.54 Å². The first-order chi connectivity index (χ1) is 14.9. The number of amides is 1. The molecule has 0 atom stereocenters. The SMILES string of the molecule is COc1cccc(CNC(=O)COC(=O)c2c(C)nn(Cc3ccc(C)cc3)c2C)c1. The Hall–Kier alpha value is -3.61. The molecule has 1 N–H and O–H groups in total. The number of carbonyl (C=O) groups is 2. The van der Waals surface area contributed by atoms with Gasteiger partial charge in [0.25, 0.3) is 5.91 Å². The van der Waals surface area contributed by atoms with Crippen LogP contribution in [0.5, 0.6) is 5.75 Å². The fraction of sp³-hybridized carbons (Fsp3) is 0.292. The summed E-state index contributed by atoms with van der Waals surface area (Å²) < 4.78 is 12.2. The number of rotatable bonds is 8. The van der Waals surface area contributed by atoms with Crippen LogP contribution in [-0.4, -0.2) is 35.4 Å². The molecule has 31 heavy (non-hydrogen) atoms. The van der Waals surface area contributed by atoms with E-state index in [1.54, 1.807) is 18.7 Å². The number of esters is 1. The van der Waals surface area contributed by atoms with Crippen molar-refractivity contribution in [3.63, 3.8) is 0 Å². The lowest BCUT2D eigenvalue weighted by Crippen LogP contribution is -2.28. The highest BCUT2D eigenvalue weighted by molar-refractivity contribution is 5.93. The van der Waals surface area contributed by atoms with Gasteiger partial charge in [-0.15, -0.1) is 0 Å². The van der Waals surface area contributed by atoms with E-state index in [9.17, 15) is 9.59 Å². The van der Waals surface area contributed by atoms with Crippen molar-refractivity contribution in [1.29, 1.82) is 0 Å². The fourth-order valence-corrected chi connectivity index (χ4v) is 3.25. The molecule has 0 unspecified atom stereocenters. The van der Waals surface area contributed by atoms with E-state index >= 15 is 0 Å². The van der Waals surface area contributed by atoms with Crippen molar-refractivity contribution in [3.8, 4) is 5.75 Å². The Morgan fingerprint density at radius 2 is 1.77 bits per heavy atom. The molecule has 1 heterocycles. The Bertz CT molecular complexity index is 1070. The molecule has 0 aliphatic rings. The van der Waals surface area contributed by atoms with Gasteiger partial charge in [-0.3, -0.25) is 9.48 Å². The average Bonchev–Trinajstić information content (AvgIpc) is 3.05. The summed E-state index contributed by atoms with van der Waals surface area (Å²) in [6, 6.07) is 15.6. The topological polar surface area (TPSA) is 82.4 Å². The number of nitrogens with zero attached hydrogens (tertiary/aromatic N) is 2. The lowest BCUT2D eigenvalue weighted by molar-refractivity contribution is -0.124. The maximum atomic E-state index is 12.6. The first-order valence-electron chi connectivity index (χ1n) is 10.0. The van der Waals surface area contributed by atoms with Gasteiger partial charge in [0.1, 0.15) is 11.3 Å². The van der Waals surface area contributed by atoms with Crippen LogP contribution in [0.1, 0.15) is 38.4 Å². The summed E-state index contributed by atoms with van der Waals surface area (Å²) in [7, 11) is 1.59. The zero-order valence-corrected chi connectivity index (χ0v) is 18.3. The third-order valence-electron chi connectivity index (χ3n) is 5.00. The molecule has 0 aliphatic heterocycles. The first kappa shape index (κ1) is 22.1. The predicted molar refractivity (Wildman–Crippen MR) is 117 cm³/mol. The van der Waals surface area contributed by atoms with Crippen molar-refractivity contribution in [1.82, 2.24) is 15.1 Å². The van der Waals surface area contributed by atoms with Crippen molar-refractivity contribution < 1.29 is 19.1 Å². The Balaban J connectivity index is 1.56. The molecule has 7 heteroatoms. The van der Waals surface area contributed by atoms with Gasteiger partial charge in [-0.25, -0.2) is 4.79 Å².